The van der Waals surface area contributed by atoms with Crippen molar-refractivity contribution in [2.24, 2.45) is 0 Å². The summed E-state index contributed by atoms with van der Waals surface area (Å²) in [5, 5.41) is 59.7. The van der Waals surface area contributed by atoms with Crippen LogP contribution in [0.2, 0.25) is 0 Å². The van der Waals surface area contributed by atoms with Crippen LogP contribution in [-0.2, 0) is 0 Å². The van der Waals surface area contributed by atoms with Crippen molar-refractivity contribution in [3.05, 3.63) is 471 Å². The maximum absolute atomic E-state index is 10.1. The van der Waals surface area contributed by atoms with E-state index < -0.39 is 8.07 Å². The molecule has 0 saturated carbocycles. The molecule has 0 amide bonds. The van der Waals surface area contributed by atoms with Crippen molar-refractivity contribution in [2.45, 2.75) is 0 Å². The van der Waals surface area contributed by atoms with E-state index in [0.717, 1.165) is 177 Å². The lowest BCUT2D eigenvalue weighted by atomic mass is 9.97. The highest BCUT2D eigenvalue weighted by Gasteiger charge is 2.42. The lowest BCUT2D eigenvalue weighted by Crippen LogP contribution is -2.74. The van der Waals surface area contributed by atoms with Crippen LogP contribution in [-0.4, -0.2) is 26.3 Å². The number of hydrogen-bond donors (Lipinski definition) is 0. The Bertz CT molecular complexity index is 9650. The first-order chi connectivity index (χ1) is 67.2. The Hall–Kier alpha value is -18.8. The Morgan fingerprint density at radius 3 is 0.993 bits per heavy atom. The van der Waals surface area contributed by atoms with E-state index in [9.17, 15) is 21.0 Å². The van der Waals surface area contributed by atoms with Gasteiger partial charge in [-0.1, -0.05) is 285 Å². The number of nitrogens with zero attached hydrogens (tertiary/aromatic N) is 8. The molecule has 0 spiro atoms. The van der Waals surface area contributed by atoms with E-state index in [-0.39, 0.29) is 0 Å². The van der Waals surface area contributed by atoms with E-state index in [4.69, 9.17) is 13.3 Å². The maximum atomic E-state index is 10.1. The van der Waals surface area contributed by atoms with E-state index >= 15 is 0 Å². The second-order valence-corrected chi connectivity index (χ2v) is 38.3. The summed E-state index contributed by atoms with van der Waals surface area (Å²) in [6.45, 7) is 0. The molecule has 632 valence electrons. The minimum absolute atomic E-state index is 0.576. The topological polar surface area (TPSA) is 154 Å². The lowest BCUT2D eigenvalue weighted by Gasteiger charge is -2.34. The molecular formula is C124H74N8O3Si. The van der Waals surface area contributed by atoms with Crippen molar-refractivity contribution >= 4 is 182 Å². The minimum atomic E-state index is -2.94. The molecule has 0 unspecified atom stereocenters. The third-order valence-electron chi connectivity index (χ3n) is 27.1. The molecule has 0 fully saturated rings. The molecule has 27 aromatic rings. The first-order valence-corrected chi connectivity index (χ1v) is 47.3. The van der Waals surface area contributed by atoms with Gasteiger partial charge >= 0.3 is 0 Å². The fourth-order valence-electron chi connectivity index (χ4n) is 21.3. The van der Waals surface area contributed by atoms with Gasteiger partial charge in [0.15, 0.2) is 8.07 Å². The summed E-state index contributed by atoms with van der Waals surface area (Å²) < 4.78 is 28.7. The molecule has 0 radical (unpaired) electrons. The third kappa shape index (κ3) is 12.8. The van der Waals surface area contributed by atoms with Crippen LogP contribution in [0.25, 0.3) is 209 Å². The maximum Gasteiger partial charge on any atom is 0.179 e. The van der Waals surface area contributed by atoms with Gasteiger partial charge in [0, 0.05) is 109 Å². The number of aromatic nitrogens is 4. The van der Waals surface area contributed by atoms with Gasteiger partial charge < -0.3 is 31.5 Å². The Labute approximate surface area is 780 Å². The van der Waals surface area contributed by atoms with Crippen LogP contribution < -0.4 is 20.7 Å². The Morgan fingerprint density at radius 2 is 0.522 bits per heavy atom. The van der Waals surface area contributed by atoms with E-state index in [1.807, 2.05) is 115 Å². The zero-order valence-electron chi connectivity index (χ0n) is 73.0. The number of benzene rings is 20. The second kappa shape index (κ2) is 32.4. The standard InChI is InChI=1S/C49H32N2OSi.C43H25N3O.C32H17N3O/c50-33-34-15-13-21-39(29-34)53(37-17-3-1-4-18-37,38-19-5-2-6-20-38)40-22-14-16-35(30-40)44-31-36(32-45-43-25-9-12-28-48(43)52-49(44)45)51-46-26-10-7-23-41(46)42-24-8-11-27-47(42)51;44-26-27-20-21-41-36(22-27)33-14-3-7-18-40(33)45(41)29-11-9-10-28(23-29)35-24-30(25-37-34-15-4-8-19-42(34)47-43(35)37)46-38-16-5-1-12-31(38)32-13-2-6-17-39(32)46;33-18-20-12-13-29-27(16-20)25-6-1-3-9-28(25)35(29)23-15-21(19-34)14-22(17-23)24-8-5-11-31-32(24)26-7-2-4-10-30(26)36-31/h1-32H;1-25H;1-17H. The van der Waals surface area contributed by atoms with Gasteiger partial charge in [-0.15, -0.1) is 0 Å². The number of fused-ring (bicyclic) bond motifs is 21. The smallest absolute Gasteiger partial charge is 0.179 e. The quantitative estimate of drug-likeness (QED) is 0.0922. The normalized spacial score (nSPS) is 11.6. The number of para-hydroxylation sites is 9. The van der Waals surface area contributed by atoms with Gasteiger partial charge in [-0.2, -0.15) is 21.0 Å². The monoisotopic (exact) mass is 1750 g/mol. The molecular weight excluding hydrogens is 1680 g/mol. The Balaban J connectivity index is 0.000000111. The van der Waals surface area contributed by atoms with Gasteiger partial charge in [-0.25, -0.2) is 0 Å². The van der Waals surface area contributed by atoms with Gasteiger partial charge in [0.25, 0.3) is 0 Å². The highest BCUT2D eigenvalue weighted by Crippen LogP contribution is 2.46. The van der Waals surface area contributed by atoms with Crippen LogP contribution >= 0.6 is 0 Å². The molecule has 12 heteroatoms. The fraction of sp³-hybridized carbons (Fsp3) is 0. The molecule has 7 heterocycles. The molecule has 7 aromatic heterocycles. The third-order valence-corrected chi connectivity index (χ3v) is 31.8. The molecule has 0 aliphatic carbocycles. The van der Waals surface area contributed by atoms with Crippen molar-refractivity contribution in [3.8, 4) is 80.4 Å². The molecule has 0 aliphatic heterocycles. The summed E-state index contributed by atoms with van der Waals surface area (Å²) in [6, 6.07) is 166. The largest absolute Gasteiger partial charge is 0.456 e. The van der Waals surface area contributed by atoms with Crippen molar-refractivity contribution in [1.29, 1.82) is 21.0 Å². The van der Waals surface area contributed by atoms with Gasteiger partial charge in [-0.05, 0) is 207 Å². The lowest BCUT2D eigenvalue weighted by molar-refractivity contribution is 0.669. The van der Waals surface area contributed by atoms with Crippen LogP contribution in [0.3, 0.4) is 0 Å². The number of furan rings is 3. The first-order valence-electron chi connectivity index (χ1n) is 45.3. The first kappa shape index (κ1) is 79.4. The highest BCUT2D eigenvalue weighted by molar-refractivity contribution is 7.20. The van der Waals surface area contributed by atoms with E-state index in [1.54, 1.807) is 0 Å². The zero-order valence-corrected chi connectivity index (χ0v) is 74.0. The summed E-state index contributed by atoms with van der Waals surface area (Å²) >= 11 is 0. The van der Waals surface area contributed by atoms with Crippen LogP contribution in [0.15, 0.2) is 462 Å². The molecule has 11 nitrogen and oxygen atoms in total. The van der Waals surface area contributed by atoms with Crippen molar-refractivity contribution < 1.29 is 13.3 Å². The molecule has 0 N–H and O–H groups in total. The molecule has 136 heavy (non-hydrogen) atoms. The van der Waals surface area contributed by atoms with Crippen molar-refractivity contribution in [1.82, 2.24) is 18.3 Å². The van der Waals surface area contributed by atoms with E-state index in [2.05, 4.69) is 376 Å². The molecule has 27 rings (SSSR count). The van der Waals surface area contributed by atoms with Gasteiger partial charge in [-0.3, -0.25) is 0 Å². The predicted octanol–water partition coefficient (Wildman–Crippen LogP) is 29.0. The van der Waals surface area contributed by atoms with E-state index in [0.29, 0.717) is 22.3 Å². The number of hydrogen-bond acceptors (Lipinski definition) is 7. The summed E-state index contributed by atoms with van der Waals surface area (Å²) in [7, 11) is -2.94. The zero-order chi connectivity index (χ0) is 90.6. The fourth-order valence-corrected chi connectivity index (χ4v) is 26.1. The second-order valence-electron chi connectivity index (χ2n) is 34.5. The minimum Gasteiger partial charge on any atom is -0.456 e. The summed E-state index contributed by atoms with van der Waals surface area (Å²) in [4.78, 5) is 0. The Morgan fingerprint density at radius 1 is 0.184 bits per heavy atom. The highest BCUT2D eigenvalue weighted by atomic mass is 28.3. The predicted molar refractivity (Wildman–Crippen MR) is 557 cm³/mol. The molecule has 0 aliphatic rings. The van der Waals surface area contributed by atoms with Crippen molar-refractivity contribution in [3.63, 3.8) is 0 Å². The Kier molecular flexibility index (Phi) is 18.9. The van der Waals surface area contributed by atoms with Gasteiger partial charge in [0.2, 0.25) is 0 Å². The van der Waals surface area contributed by atoms with Crippen LogP contribution in [0.4, 0.5) is 0 Å². The molecule has 0 bridgehead atoms. The summed E-state index contributed by atoms with van der Waals surface area (Å²) in [6.07, 6.45) is 0. The van der Waals surface area contributed by atoms with Gasteiger partial charge in [0.1, 0.15) is 33.5 Å². The average molecular weight is 1750 g/mol. The van der Waals surface area contributed by atoms with E-state index in [1.165, 1.54) is 53.3 Å². The molecule has 20 aromatic carbocycles. The average Bonchev–Trinajstić information content (AvgIpc) is 1.62. The molecule has 0 atom stereocenters. The summed E-state index contributed by atoms with van der Waals surface area (Å²) in [5.41, 5.74) is 26.8. The van der Waals surface area contributed by atoms with Crippen LogP contribution in [0.1, 0.15) is 22.3 Å². The van der Waals surface area contributed by atoms with Gasteiger partial charge in [0.05, 0.1) is 90.7 Å². The van der Waals surface area contributed by atoms with Crippen LogP contribution in [0, 0.1) is 45.3 Å². The molecule has 0 saturated heterocycles. The number of nitriles is 4. The SMILES string of the molecule is N#Cc1cc(-c2cccc3oc4ccccc4c23)cc(-n2c3ccccc3c3cc(C#N)ccc32)c1.N#Cc1ccc2c(c1)c1ccccc1n2-c1cccc(-c2cc(-n3c4ccccc4c4ccccc43)cc3c2oc2ccccc23)c1.N#Cc1cccc([Si](c2ccccc2)(c2ccccc2)c2cccc(-c3cc(-n4c5ccccc5c5ccccc54)cc4c3oc3ccccc34)c2)c1. The van der Waals surface area contributed by atoms with Crippen LogP contribution in [0.5, 0.6) is 0 Å². The summed E-state index contributed by atoms with van der Waals surface area (Å²) in [5.74, 6) is 0. The van der Waals surface area contributed by atoms with Crippen molar-refractivity contribution in [2.75, 3.05) is 0 Å². The number of rotatable bonds is 11.